The Kier molecular flexibility index (Phi) is 4.60. The zero-order chi connectivity index (χ0) is 21.8. The van der Waals surface area contributed by atoms with Crippen molar-refractivity contribution in [1.29, 1.82) is 0 Å². The fraction of sp³-hybridized carbons (Fsp3) is 0.429. The minimum Gasteiger partial charge on any atom is -0.355 e. The fourth-order valence-electron chi connectivity index (χ4n) is 4.58. The molecule has 162 valence electrons. The van der Waals surface area contributed by atoms with Crippen molar-refractivity contribution in [2.24, 2.45) is 5.92 Å². The molecule has 7 nitrogen and oxygen atoms in total. The van der Waals surface area contributed by atoms with E-state index in [-0.39, 0.29) is 23.5 Å². The summed E-state index contributed by atoms with van der Waals surface area (Å²) in [7, 11) is 0. The average Bonchev–Trinajstić information content (AvgIpc) is 3.33. The molecule has 2 aliphatic heterocycles. The molecule has 1 fully saturated rings. The number of anilines is 2. The number of amides is 1. The summed E-state index contributed by atoms with van der Waals surface area (Å²) in [6.45, 7) is 3.15. The van der Waals surface area contributed by atoms with Crippen molar-refractivity contribution < 1.29 is 18.0 Å². The summed E-state index contributed by atoms with van der Waals surface area (Å²) in [5, 5.41) is 10.9. The highest BCUT2D eigenvalue weighted by Crippen LogP contribution is 2.35. The van der Waals surface area contributed by atoms with Gasteiger partial charge in [-0.2, -0.15) is 17.7 Å². The van der Waals surface area contributed by atoms with Crippen LogP contribution >= 0.6 is 0 Å². The van der Waals surface area contributed by atoms with Crippen LogP contribution in [-0.2, 0) is 17.4 Å². The normalized spacial score (nSPS) is 19.8. The zero-order valence-electron chi connectivity index (χ0n) is 16.9. The third-order valence-electron chi connectivity index (χ3n) is 6.12. The minimum absolute atomic E-state index is 0.0443. The van der Waals surface area contributed by atoms with Crippen LogP contribution in [0.1, 0.15) is 31.2 Å². The highest BCUT2D eigenvalue weighted by molar-refractivity contribution is 5.97. The number of nitrogens with zero attached hydrogens (tertiary/aromatic N) is 6. The molecule has 3 aromatic rings. The number of piperidine rings is 1. The summed E-state index contributed by atoms with van der Waals surface area (Å²) in [5.41, 5.74) is 2.22. The van der Waals surface area contributed by atoms with Crippen LogP contribution in [0.15, 0.2) is 36.4 Å². The lowest BCUT2D eigenvalue weighted by Crippen LogP contribution is -2.45. The Bertz CT molecular complexity index is 1140. The van der Waals surface area contributed by atoms with E-state index in [0.29, 0.717) is 31.7 Å². The van der Waals surface area contributed by atoms with Crippen LogP contribution < -0.4 is 9.80 Å². The van der Waals surface area contributed by atoms with Gasteiger partial charge in [-0.1, -0.05) is 18.2 Å². The van der Waals surface area contributed by atoms with Crippen LogP contribution in [0.2, 0.25) is 0 Å². The molecule has 2 aliphatic rings. The van der Waals surface area contributed by atoms with Gasteiger partial charge in [0.25, 0.3) is 5.82 Å². The van der Waals surface area contributed by atoms with Crippen LogP contribution in [0, 0.1) is 5.92 Å². The fourth-order valence-corrected chi connectivity index (χ4v) is 4.58. The Balaban J connectivity index is 1.31. The quantitative estimate of drug-likeness (QED) is 0.624. The van der Waals surface area contributed by atoms with E-state index in [4.69, 9.17) is 0 Å². The molecule has 0 saturated carbocycles. The number of hydrogen-bond acceptors (Lipinski definition) is 5. The molecule has 1 amide bonds. The standard InChI is InChI=1S/C21H21F3N6O/c1-13-12-15-4-2-3-5-16(15)29(13)19(31)14-8-10-28(11-9-14)18-7-6-17-25-26-20(21(22,23)24)30(17)27-18/h2-7,13-14H,8-12H2,1H3. The predicted octanol–water partition coefficient (Wildman–Crippen LogP) is 3.34. The molecule has 1 unspecified atom stereocenters. The summed E-state index contributed by atoms with van der Waals surface area (Å²) in [5.74, 6) is -0.715. The van der Waals surface area contributed by atoms with E-state index in [1.165, 1.54) is 11.6 Å². The first-order valence-corrected chi connectivity index (χ1v) is 10.3. The van der Waals surface area contributed by atoms with Gasteiger partial charge in [-0.05, 0) is 49.9 Å². The zero-order valence-corrected chi connectivity index (χ0v) is 16.9. The number of carbonyl (C=O) groups is 1. The molecule has 1 aromatic carbocycles. The van der Waals surface area contributed by atoms with E-state index in [1.54, 1.807) is 6.07 Å². The number of benzene rings is 1. The Morgan fingerprint density at radius 1 is 1.06 bits per heavy atom. The summed E-state index contributed by atoms with van der Waals surface area (Å²) < 4.78 is 40.1. The van der Waals surface area contributed by atoms with Gasteiger partial charge in [0.15, 0.2) is 5.65 Å². The number of alkyl halides is 3. The van der Waals surface area contributed by atoms with Crippen molar-refractivity contribution in [3.63, 3.8) is 0 Å². The Hall–Kier alpha value is -3.17. The van der Waals surface area contributed by atoms with Crippen LogP contribution in [0.3, 0.4) is 0 Å². The van der Waals surface area contributed by atoms with Gasteiger partial charge < -0.3 is 9.80 Å². The molecule has 0 bridgehead atoms. The van der Waals surface area contributed by atoms with E-state index in [9.17, 15) is 18.0 Å². The predicted molar refractivity (Wildman–Crippen MR) is 108 cm³/mol. The highest BCUT2D eigenvalue weighted by atomic mass is 19.4. The summed E-state index contributed by atoms with van der Waals surface area (Å²) >= 11 is 0. The molecule has 4 heterocycles. The highest BCUT2D eigenvalue weighted by Gasteiger charge is 2.38. The van der Waals surface area contributed by atoms with Gasteiger partial charge in [-0.3, -0.25) is 4.79 Å². The van der Waals surface area contributed by atoms with E-state index < -0.39 is 12.0 Å². The smallest absolute Gasteiger partial charge is 0.355 e. The van der Waals surface area contributed by atoms with Crippen molar-refractivity contribution in [1.82, 2.24) is 19.8 Å². The molecule has 5 rings (SSSR count). The molecular weight excluding hydrogens is 409 g/mol. The number of carbonyl (C=O) groups excluding carboxylic acids is 1. The number of para-hydroxylation sites is 1. The van der Waals surface area contributed by atoms with Gasteiger partial charge in [0.05, 0.1) is 0 Å². The lowest BCUT2D eigenvalue weighted by molar-refractivity contribution is -0.146. The van der Waals surface area contributed by atoms with Gasteiger partial charge in [0, 0.05) is 30.7 Å². The molecule has 0 N–H and O–H groups in total. The van der Waals surface area contributed by atoms with Crippen molar-refractivity contribution in [3.05, 3.63) is 47.8 Å². The SMILES string of the molecule is CC1Cc2ccccc2N1C(=O)C1CCN(c2ccc3nnc(C(F)(F)F)n3n2)CC1. The van der Waals surface area contributed by atoms with Crippen molar-refractivity contribution in [2.75, 3.05) is 22.9 Å². The molecule has 1 saturated heterocycles. The molecule has 0 aliphatic carbocycles. The van der Waals surface area contributed by atoms with Gasteiger partial charge in [0.1, 0.15) is 5.82 Å². The van der Waals surface area contributed by atoms with Gasteiger partial charge in [-0.15, -0.1) is 15.3 Å². The second kappa shape index (κ2) is 7.21. The average molecular weight is 430 g/mol. The van der Waals surface area contributed by atoms with Gasteiger partial charge >= 0.3 is 6.18 Å². The maximum atomic E-state index is 13.3. The minimum atomic E-state index is -4.63. The summed E-state index contributed by atoms with van der Waals surface area (Å²) in [6.07, 6.45) is -2.53. The van der Waals surface area contributed by atoms with Crippen LogP contribution in [0.4, 0.5) is 24.7 Å². The van der Waals surface area contributed by atoms with E-state index in [2.05, 4.69) is 28.3 Å². The van der Waals surface area contributed by atoms with E-state index in [0.717, 1.165) is 16.6 Å². The molecule has 31 heavy (non-hydrogen) atoms. The number of hydrogen-bond donors (Lipinski definition) is 0. The molecule has 2 aromatic heterocycles. The molecule has 0 radical (unpaired) electrons. The summed E-state index contributed by atoms with van der Waals surface area (Å²) in [6, 6.07) is 11.2. The van der Waals surface area contributed by atoms with Crippen LogP contribution in [-0.4, -0.2) is 44.8 Å². The van der Waals surface area contributed by atoms with Crippen molar-refractivity contribution in [2.45, 2.75) is 38.4 Å². The first-order valence-electron chi connectivity index (χ1n) is 10.3. The van der Waals surface area contributed by atoms with E-state index in [1.807, 2.05) is 28.0 Å². The molecule has 0 spiro atoms. The first kappa shape index (κ1) is 19.8. The van der Waals surface area contributed by atoms with Gasteiger partial charge in [-0.25, -0.2) is 0 Å². The third kappa shape index (κ3) is 3.39. The molecule has 1 atom stereocenters. The number of aromatic nitrogens is 4. The number of fused-ring (bicyclic) bond motifs is 2. The maximum Gasteiger partial charge on any atom is 0.453 e. The van der Waals surface area contributed by atoms with Gasteiger partial charge in [0.2, 0.25) is 5.91 Å². The number of halogens is 3. The van der Waals surface area contributed by atoms with E-state index >= 15 is 0 Å². The number of rotatable bonds is 2. The Morgan fingerprint density at radius 3 is 2.55 bits per heavy atom. The van der Waals surface area contributed by atoms with Crippen molar-refractivity contribution >= 4 is 23.1 Å². The van der Waals surface area contributed by atoms with Crippen LogP contribution in [0.25, 0.3) is 5.65 Å². The third-order valence-corrected chi connectivity index (χ3v) is 6.12. The first-order chi connectivity index (χ1) is 14.8. The Labute approximate surface area is 176 Å². The van der Waals surface area contributed by atoms with Crippen molar-refractivity contribution in [3.8, 4) is 0 Å². The monoisotopic (exact) mass is 430 g/mol. The maximum absolute atomic E-state index is 13.3. The topological polar surface area (TPSA) is 66.6 Å². The molecule has 10 heteroatoms. The Morgan fingerprint density at radius 2 is 1.81 bits per heavy atom. The summed E-state index contributed by atoms with van der Waals surface area (Å²) in [4.78, 5) is 17.1. The second-order valence-electron chi connectivity index (χ2n) is 8.13. The molecular formula is C21H21F3N6O. The van der Waals surface area contributed by atoms with Crippen LogP contribution in [0.5, 0.6) is 0 Å². The largest absolute Gasteiger partial charge is 0.453 e. The second-order valence-corrected chi connectivity index (χ2v) is 8.13. The lowest BCUT2D eigenvalue weighted by Gasteiger charge is -2.35. The lowest BCUT2D eigenvalue weighted by atomic mass is 9.95.